The summed E-state index contributed by atoms with van der Waals surface area (Å²) in [7, 11) is -5.22. The van der Waals surface area contributed by atoms with Crippen molar-refractivity contribution in [2.24, 2.45) is 0 Å². The molecule has 0 heterocycles. The van der Waals surface area contributed by atoms with E-state index in [2.05, 4.69) is 179 Å². The third-order valence-corrected chi connectivity index (χ3v) is 8.92. The zero-order valence-corrected chi connectivity index (χ0v) is 29.6. The average molecular weight is 667 g/mol. The molecule has 0 saturated heterocycles. The van der Waals surface area contributed by atoms with Gasteiger partial charge in [-0.25, -0.2) is 4.31 Å². The summed E-state index contributed by atoms with van der Waals surface area (Å²) in [4.78, 5) is 31.3. The number of hydrogen-bond donors (Lipinski definition) is 4. The first-order chi connectivity index (χ1) is 22.2. The van der Waals surface area contributed by atoms with Crippen LogP contribution in [0.15, 0.2) is 133 Å². The van der Waals surface area contributed by atoms with Crippen molar-refractivity contribution in [2.75, 3.05) is 0 Å². The molecule has 47 heavy (non-hydrogen) atoms. The first-order valence-corrected chi connectivity index (χ1v) is 17.8. The zero-order valence-electron chi connectivity index (χ0n) is 27.8. The van der Waals surface area contributed by atoms with Crippen LogP contribution in [-0.4, -0.2) is 19.6 Å². The highest BCUT2D eigenvalue weighted by Crippen LogP contribution is 2.42. The van der Waals surface area contributed by atoms with Crippen molar-refractivity contribution >= 4 is 38.7 Å². The number of fused-ring (bicyclic) bond motifs is 2. The van der Waals surface area contributed by atoms with E-state index in [-0.39, 0.29) is 10.8 Å². The maximum Gasteiger partial charge on any atom is 0.334 e. The predicted molar refractivity (Wildman–Crippen MR) is 200 cm³/mol. The summed E-state index contributed by atoms with van der Waals surface area (Å²) in [6, 6.07) is 47.9. The van der Waals surface area contributed by atoms with Crippen molar-refractivity contribution < 1.29 is 23.9 Å². The molecule has 0 aromatic heterocycles. The lowest BCUT2D eigenvalue weighted by Crippen LogP contribution is -2.17. The monoisotopic (exact) mass is 666 g/mol. The van der Waals surface area contributed by atoms with Crippen molar-refractivity contribution in [3.05, 3.63) is 145 Å². The van der Waals surface area contributed by atoms with Crippen LogP contribution in [0.2, 0.25) is 0 Å². The van der Waals surface area contributed by atoms with E-state index in [4.69, 9.17) is 19.6 Å². The first kappa shape index (κ1) is 36.3. The Morgan fingerprint density at radius 1 is 0.426 bits per heavy atom. The molecule has 7 heteroatoms. The molecule has 6 aromatic carbocycles. The van der Waals surface area contributed by atoms with Gasteiger partial charge in [-0.3, -0.25) is 0 Å². The Hall–Kier alpha value is -3.50. The highest BCUT2D eigenvalue weighted by Gasteiger charge is 2.23. The maximum atomic E-state index is 7.82. The van der Waals surface area contributed by atoms with E-state index < -0.39 is 17.2 Å². The number of rotatable bonds is 4. The molecule has 0 atom stereocenters. The van der Waals surface area contributed by atoms with E-state index >= 15 is 0 Å². The molecule has 0 bridgehead atoms. The minimum atomic E-state index is -2.61. The minimum absolute atomic E-state index is 0.0837. The lowest BCUT2D eigenvalue weighted by atomic mass is 9.76. The average Bonchev–Trinajstić information content (AvgIpc) is 3.03. The molecule has 0 saturated carbocycles. The normalized spacial score (nSPS) is 11.7. The van der Waals surface area contributed by atoms with Gasteiger partial charge in [-0.05, 0) is 77.9 Å². The lowest BCUT2D eigenvalue weighted by Gasteiger charge is -2.28. The second-order valence-electron chi connectivity index (χ2n) is 13.3. The minimum Gasteiger partial charge on any atom is -0.328 e. The van der Waals surface area contributed by atoms with Crippen LogP contribution >= 0.6 is 17.2 Å². The lowest BCUT2D eigenvalue weighted by molar-refractivity contribution is 0.324. The molecule has 0 aliphatic heterocycles. The Balaban J connectivity index is 0.000000197. The van der Waals surface area contributed by atoms with E-state index in [0.29, 0.717) is 0 Å². The molecule has 0 unspecified atom stereocenters. The topological polar surface area (TPSA) is 90.2 Å². The van der Waals surface area contributed by atoms with Crippen molar-refractivity contribution in [3.63, 3.8) is 0 Å². The molecule has 6 rings (SSSR count). The van der Waals surface area contributed by atoms with Crippen LogP contribution in [-0.2, 0) is 15.1 Å². The SMILES string of the molecule is CC(C)(C)c1ccc(-c2ccccc2-c2ccccc2)c(C(C)(C)C)c1.OP(O)OP(O)O.c1ccc2cc3ccccc3cc2c1. The Bertz CT molecular complexity index is 1780. The Morgan fingerprint density at radius 3 is 1.26 bits per heavy atom. The van der Waals surface area contributed by atoms with Gasteiger partial charge < -0.3 is 19.6 Å². The fourth-order valence-corrected chi connectivity index (χ4v) is 5.92. The van der Waals surface area contributed by atoms with Crippen molar-refractivity contribution in [2.45, 2.75) is 52.4 Å². The molecular weight excluding hydrogens is 622 g/mol. The van der Waals surface area contributed by atoms with Gasteiger partial charge in [0.05, 0.1) is 0 Å². The van der Waals surface area contributed by atoms with Gasteiger partial charge in [0.1, 0.15) is 0 Å². The van der Waals surface area contributed by atoms with Crippen LogP contribution in [0.1, 0.15) is 52.7 Å². The number of benzene rings is 6. The van der Waals surface area contributed by atoms with E-state index in [1.807, 2.05) is 0 Å². The van der Waals surface area contributed by atoms with Crippen molar-refractivity contribution in [3.8, 4) is 22.3 Å². The van der Waals surface area contributed by atoms with E-state index in [1.54, 1.807) is 0 Å². The fraction of sp³-hybridized carbons (Fsp3) is 0.200. The molecule has 6 aromatic rings. The van der Waals surface area contributed by atoms with Crippen molar-refractivity contribution in [1.29, 1.82) is 0 Å². The summed E-state index contributed by atoms with van der Waals surface area (Å²) in [6.07, 6.45) is 0. The van der Waals surface area contributed by atoms with E-state index in [9.17, 15) is 0 Å². The first-order valence-electron chi connectivity index (χ1n) is 15.5. The Labute approximate surface area is 281 Å². The Morgan fingerprint density at radius 2 is 0.851 bits per heavy atom. The van der Waals surface area contributed by atoms with Gasteiger partial charge in [0.15, 0.2) is 0 Å². The largest absolute Gasteiger partial charge is 0.334 e. The van der Waals surface area contributed by atoms with Gasteiger partial charge in [0, 0.05) is 0 Å². The van der Waals surface area contributed by atoms with Crippen LogP contribution in [0.25, 0.3) is 43.8 Å². The van der Waals surface area contributed by atoms with E-state index in [1.165, 1.54) is 54.9 Å². The van der Waals surface area contributed by atoms with Gasteiger partial charge in [0.25, 0.3) is 0 Å². The molecule has 0 radical (unpaired) electrons. The van der Waals surface area contributed by atoms with Crippen LogP contribution in [0, 0.1) is 0 Å². The summed E-state index contributed by atoms with van der Waals surface area (Å²) < 4.78 is 3.60. The highest BCUT2D eigenvalue weighted by atomic mass is 31.2. The molecule has 0 aliphatic carbocycles. The van der Waals surface area contributed by atoms with Gasteiger partial charge in [-0.2, -0.15) is 0 Å². The Kier molecular flexibility index (Phi) is 12.4. The molecule has 5 nitrogen and oxygen atoms in total. The second kappa shape index (κ2) is 16.1. The van der Waals surface area contributed by atoms with Gasteiger partial charge >= 0.3 is 17.2 Å². The van der Waals surface area contributed by atoms with Gasteiger partial charge in [-0.15, -0.1) is 0 Å². The quantitative estimate of drug-likeness (QED) is 0.111. The van der Waals surface area contributed by atoms with Crippen LogP contribution in [0.4, 0.5) is 0 Å². The smallest absolute Gasteiger partial charge is 0.328 e. The maximum absolute atomic E-state index is 7.82. The van der Waals surface area contributed by atoms with Crippen molar-refractivity contribution in [1.82, 2.24) is 0 Å². The van der Waals surface area contributed by atoms with Gasteiger partial charge in [-0.1, -0.05) is 163 Å². The third-order valence-electron chi connectivity index (χ3n) is 7.76. The predicted octanol–water partition coefficient (Wildman–Crippen LogP) is 11.0. The molecular formula is C40H44O5P2. The molecule has 0 spiro atoms. The third kappa shape index (κ3) is 10.2. The second-order valence-corrected chi connectivity index (χ2v) is 15.0. The standard InChI is InChI=1S/C26H30.C14H10.H4O5P2/c1-25(2,3)20-16-17-23(24(18-20)26(4,5)6)22-15-11-10-14-21(22)19-12-8-7-9-13-19;1-2-6-12-10-14-8-4-3-7-13(14)9-11(12)5-1;1-6(2)5-7(3)4/h7-18H,1-6H3;1-10H;1-4H. The fourth-order valence-electron chi connectivity index (χ4n) is 5.40. The molecule has 4 N–H and O–H groups in total. The summed E-state index contributed by atoms with van der Waals surface area (Å²) in [5.41, 5.74) is 8.24. The van der Waals surface area contributed by atoms with E-state index in [0.717, 1.165) is 0 Å². The van der Waals surface area contributed by atoms with Crippen LogP contribution in [0.3, 0.4) is 0 Å². The summed E-state index contributed by atoms with van der Waals surface area (Å²) in [5, 5.41) is 5.25. The van der Waals surface area contributed by atoms with Crippen LogP contribution < -0.4 is 0 Å². The molecule has 0 fully saturated rings. The molecule has 0 amide bonds. The number of hydrogen-bond acceptors (Lipinski definition) is 5. The van der Waals surface area contributed by atoms with Crippen LogP contribution in [0.5, 0.6) is 0 Å². The molecule has 244 valence electrons. The molecule has 0 aliphatic rings. The summed E-state index contributed by atoms with van der Waals surface area (Å²) in [6.45, 7) is 13.8. The summed E-state index contributed by atoms with van der Waals surface area (Å²) >= 11 is 0. The van der Waals surface area contributed by atoms with Gasteiger partial charge in [0.2, 0.25) is 0 Å². The zero-order chi connectivity index (χ0) is 34.2. The summed E-state index contributed by atoms with van der Waals surface area (Å²) in [5.74, 6) is 0. The highest BCUT2D eigenvalue weighted by molar-refractivity contribution is 7.53.